The van der Waals surface area contributed by atoms with E-state index in [2.05, 4.69) is 30.5 Å². The van der Waals surface area contributed by atoms with Gasteiger partial charge < -0.3 is 15.2 Å². The second-order valence-electron chi connectivity index (χ2n) is 7.53. The number of H-pyrrole nitrogens is 2. The summed E-state index contributed by atoms with van der Waals surface area (Å²) in [6, 6.07) is 15.6. The van der Waals surface area contributed by atoms with E-state index in [1.54, 1.807) is 17.3 Å². The molecule has 3 heterocycles. The highest BCUT2D eigenvalue weighted by molar-refractivity contribution is 5.98. The molecule has 160 valence electrons. The monoisotopic (exact) mass is 425 g/mol. The van der Waals surface area contributed by atoms with Crippen LogP contribution in [0.25, 0.3) is 33.2 Å². The van der Waals surface area contributed by atoms with Crippen LogP contribution in [0.4, 0.5) is 11.5 Å². The van der Waals surface area contributed by atoms with Crippen molar-refractivity contribution >= 4 is 39.2 Å². The van der Waals surface area contributed by atoms with Crippen LogP contribution >= 0.6 is 0 Å². The highest BCUT2D eigenvalue weighted by Crippen LogP contribution is 2.25. The normalized spacial score (nSPS) is 11.2. The lowest BCUT2D eigenvalue weighted by molar-refractivity contribution is 0.0768. The van der Waals surface area contributed by atoms with E-state index in [0.29, 0.717) is 30.4 Å². The molecule has 5 rings (SSSR count). The van der Waals surface area contributed by atoms with Crippen LogP contribution in [0.1, 0.15) is 24.3 Å². The van der Waals surface area contributed by atoms with Crippen LogP contribution in [0.2, 0.25) is 0 Å². The number of carbonyl (C=O) groups is 1. The number of nitrogens with one attached hydrogen (secondary N) is 3. The predicted molar refractivity (Wildman–Crippen MR) is 126 cm³/mol. The van der Waals surface area contributed by atoms with Crippen molar-refractivity contribution in [2.45, 2.75) is 13.8 Å². The largest absolute Gasteiger partial charge is 0.351 e. The summed E-state index contributed by atoms with van der Waals surface area (Å²) in [5.41, 5.74) is 4.24. The summed E-state index contributed by atoms with van der Waals surface area (Å²) in [6.07, 6.45) is 3.52. The van der Waals surface area contributed by atoms with Crippen LogP contribution < -0.4 is 5.32 Å². The maximum Gasteiger partial charge on any atom is 0.270 e. The molecule has 5 aromatic rings. The van der Waals surface area contributed by atoms with Crippen molar-refractivity contribution in [2.75, 3.05) is 18.4 Å². The summed E-state index contributed by atoms with van der Waals surface area (Å²) in [6.45, 7) is 5.32. The average molecular weight is 425 g/mol. The Morgan fingerprint density at radius 2 is 1.88 bits per heavy atom. The Hall–Kier alpha value is -4.20. The zero-order valence-electron chi connectivity index (χ0n) is 17.9. The molecule has 0 aliphatic rings. The summed E-state index contributed by atoms with van der Waals surface area (Å²) in [4.78, 5) is 26.8. The lowest BCUT2D eigenvalue weighted by Crippen LogP contribution is -2.30. The van der Waals surface area contributed by atoms with Crippen molar-refractivity contribution in [3.8, 4) is 11.4 Å². The van der Waals surface area contributed by atoms with E-state index in [1.807, 2.05) is 62.4 Å². The average Bonchev–Trinajstić information content (AvgIpc) is 3.46. The number of hydrogen-bond acceptors (Lipinski definition) is 5. The van der Waals surface area contributed by atoms with E-state index < -0.39 is 0 Å². The molecule has 0 unspecified atom stereocenters. The maximum atomic E-state index is 12.7. The van der Waals surface area contributed by atoms with Gasteiger partial charge in [-0.25, -0.2) is 9.97 Å². The number of anilines is 2. The Morgan fingerprint density at radius 3 is 2.72 bits per heavy atom. The van der Waals surface area contributed by atoms with Crippen LogP contribution in [0.15, 0.2) is 60.9 Å². The molecule has 2 aromatic carbocycles. The van der Waals surface area contributed by atoms with E-state index in [0.717, 1.165) is 33.1 Å². The molecule has 0 spiro atoms. The summed E-state index contributed by atoms with van der Waals surface area (Å²) in [5, 5.41) is 12.3. The highest BCUT2D eigenvalue weighted by Gasteiger charge is 2.15. The number of benzene rings is 2. The first-order valence-corrected chi connectivity index (χ1v) is 10.6. The van der Waals surface area contributed by atoms with Gasteiger partial charge in [0.1, 0.15) is 11.5 Å². The van der Waals surface area contributed by atoms with Crippen molar-refractivity contribution in [3.63, 3.8) is 0 Å². The Balaban J connectivity index is 1.42. The molecule has 0 radical (unpaired) electrons. The van der Waals surface area contributed by atoms with Gasteiger partial charge in [-0.1, -0.05) is 12.1 Å². The van der Waals surface area contributed by atoms with Crippen molar-refractivity contribution in [2.24, 2.45) is 0 Å². The standard InChI is InChI=1S/C24H23N7O/c1-3-31(4-2)24(32)21-12-15-5-6-16(13-20(15)28-21)23-25-10-9-22(29-23)27-18-7-8-19-17(11-18)14-26-30-19/h5-14,28H,3-4H2,1-2H3,(H,26,30)(H,25,27,29). The lowest BCUT2D eigenvalue weighted by Gasteiger charge is -2.17. The van der Waals surface area contributed by atoms with E-state index >= 15 is 0 Å². The minimum absolute atomic E-state index is 0.00443. The molecule has 1 amide bonds. The van der Waals surface area contributed by atoms with Gasteiger partial charge >= 0.3 is 0 Å². The van der Waals surface area contributed by atoms with Gasteiger partial charge in [0.15, 0.2) is 5.82 Å². The number of aromatic amines is 2. The van der Waals surface area contributed by atoms with Crippen molar-refractivity contribution < 1.29 is 4.79 Å². The Labute approximate surface area is 184 Å². The quantitative estimate of drug-likeness (QED) is 0.365. The second kappa shape index (κ2) is 8.14. The molecule has 8 heteroatoms. The van der Waals surface area contributed by atoms with Crippen LogP contribution in [-0.4, -0.2) is 49.0 Å². The smallest absolute Gasteiger partial charge is 0.270 e. The van der Waals surface area contributed by atoms with Gasteiger partial charge in [-0.3, -0.25) is 9.89 Å². The molecule has 3 N–H and O–H groups in total. The van der Waals surface area contributed by atoms with Crippen LogP contribution in [-0.2, 0) is 0 Å². The number of fused-ring (bicyclic) bond motifs is 2. The first-order chi connectivity index (χ1) is 15.6. The van der Waals surface area contributed by atoms with E-state index in [1.165, 1.54) is 0 Å². The van der Waals surface area contributed by atoms with Crippen molar-refractivity contribution in [1.29, 1.82) is 0 Å². The van der Waals surface area contributed by atoms with Gasteiger partial charge in [0, 0.05) is 46.8 Å². The molecular weight excluding hydrogens is 402 g/mol. The lowest BCUT2D eigenvalue weighted by atomic mass is 10.1. The van der Waals surface area contributed by atoms with Crippen LogP contribution in [0.5, 0.6) is 0 Å². The third-order valence-corrected chi connectivity index (χ3v) is 5.53. The summed E-state index contributed by atoms with van der Waals surface area (Å²) in [7, 11) is 0. The third-order valence-electron chi connectivity index (χ3n) is 5.53. The summed E-state index contributed by atoms with van der Waals surface area (Å²) >= 11 is 0. The molecule has 0 aliphatic heterocycles. The molecule has 0 bridgehead atoms. The zero-order chi connectivity index (χ0) is 22.1. The molecule has 32 heavy (non-hydrogen) atoms. The second-order valence-corrected chi connectivity index (χ2v) is 7.53. The van der Waals surface area contributed by atoms with Gasteiger partial charge in [0.2, 0.25) is 0 Å². The number of carbonyl (C=O) groups excluding carboxylic acids is 1. The zero-order valence-corrected chi connectivity index (χ0v) is 17.9. The number of hydrogen-bond donors (Lipinski definition) is 3. The van der Waals surface area contributed by atoms with Crippen LogP contribution in [0.3, 0.4) is 0 Å². The molecule has 3 aromatic heterocycles. The highest BCUT2D eigenvalue weighted by atomic mass is 16.2. The minimum atomic E-state index is 0.00443. The third kappa shape index (κ3) is 3.66. The molecule has 0 saturated heterocycles. The first-order valence-electron chi connectivity index (χ1n) is 10.6. The molecule has 0 aliphatic carbocycles. The number of amides is 1. The number of nitrogens with zero attached hydrogens (tertiary/aromatic N) is 4. The summed E-state index contributed by atoms with van der Waals surface area (Å²) < 4.78 is 0. The van der Waals surface area contributed by atoms with Gasteiger partial charge in [-0.2, -0.15) is 5.10 Å². The molecular formula is C24H23N7O. The molecule has 8 nitrogen and oxygen atoms in total. The van der Waals surface area contributed by atoms with Gasteiger partial charge in [0.25, 0.3) is 5.91 Å². The topological polar surface area (TPSA) is 103 Å². The van der Waals surface area contributed by atoms with Gasteiger partial charge in [0.05, 0.1) is 11.7 Å². The minimum Gasteiger partial charge on any atom is -0.351 e. The van der Waals surface area contributed by atoms with Gasteiger partial charge in [-0.15, -0.1) is 0 Å². The fraction of sp³-hybridized carbons (Fsp3) is 0.167. The van der Waals surface area contributed by atoms with Crippen molar-refractivity contribution in [1.82, 2.24) is 30.0 Å². The van der Waals surface area contributed by atoms with E-state index in [9.17, 15) is 4.79 Å². The van der Waals surface area contributed by atoms with E-state index in [-0.39, 0.29) is 5.91 Å². The fourth-order valence-corrected chi connectivity index (χ4v) is 3.80. The fourth-order valence-electron chi connectivity index (χ4n) is 3.80. The SMILES string of the molecule is CCN(CC)C(=O)c1cc2ccc(-c3nccc(Nc4ccc5[nH]ncc5c4)n3)cc2[nH]1. The Kier molecular flexibility index (Phi) is 5.03. The Morgan fingerprint density at radius 1 is 1.00 bits per heavy atom. The van der Waals surface area contributed by atoms with Crippen molar-refractivity contribution in [3.05, 3.63) is 66.6 Å². The van der Waals surface area contributed by atoms with E-state index in [4.69, 9.17) is 0 Å². The first kappa shape index (κ1) is 19.7. The molecule has 0 saturated carbocycles. The predicted octanol–water partition coefficient (Wildman–Crippen LogP) is 4.73. The Bertz CT molecular complexity index is 1410. The number of aromatic nitrogens is 5. The van der Waals surface area contributed by atoms with Gasteiger partial charge in [-0.05, 0) is 50.2 Å². The molecule has 0 fully saturated rings. The number of rotatable bonds is 6. The molecule has 0 atom stereocenters. The summed E-state index contributed by atoms with van der Waals surface area (Å²) in [5.74, 6) is 1.30. The maximum absolute atomic E-state index is 12.7. The van der Waals surface area contributed by atoms with Crippen LogP contribution in [0, 0.1) is 0 Å².